The van der Waals surface area contributed by atoms with Crippen LogP contribution < -0.4 is 4.90 Å². The number of hydrogen-bond donors (Lipinski definition) is 0. The summed E-state index contributed by atoms with van der Waals surface area (Å²) in [5.41, 5.74) is 2.98. The first-order valence-corrected chi connectivity index (χ1v) is 8.35. The predicted molar refractivity (Wildman–Crippen MR) is 92.6 cm³/mol. The number of pyridine rings is 1. The van der Waals surface area contributed by atoms with Crippen LogP contribution in [0.4, 0.5) is 5.82 Å². The van der Waals surface area contributed by atoms with Crippen molar-refractivity contribution < 1.29 is 0 Å². The Bertz CT molecular complexity index is 702. The Kier molecular flexibility index (Phi) is 4.52. The molecule has 2 aromatic heterocycles. The zero-order chi connectivity index (χ0) is 15.5. The monoisotopic (exact) mass is 405 g/mol. The van der Waals surface area contributed by atoms with E-state index >= 15 is 0 Å². The molecule has 0 bridgehead atoms. The van der Waals surface area contributed by atoms with Gasteiger partial charge in [0.25, 0.3) is 0 Å². The van der Waals surface area contributed by atoms with Gasteiger partial charge in [-0.3, -0.25) is 0 Å². The molecule has 0 aromatic carbocycles. The van der Waals surface area contributed by atoms with Gasteiger partial charge >= 0.3 is 0 Å². The summed E-state index contributed by atoms with van der Waals surface area (Å²) in [7, 11) is 0. The summed E-state index contributed by atoms with van der Waals surface area (Å²) in [6.45, 7) is 3.81. The first-order valence-electron chi connectivity index (χ1n) is 7.27. The molecule has 112 valence electrons. The van der Waals surface area contributed by atoms with Gasteiger partial charge in [-0.1, -0.05) is 0 Å². The molecule has 6 heteroatoms. The quantitative estimate of drug-likeness (QED) is 0.719. The molecular formula is C16H16IN5. The van der Waals surface area contributed by atoms with Gasteiger partial charge in [0.15, 0.2) is 0 Å². The molecule has 0 N–H and O–H groups in total. The van der Waals surface area contributed by atoms with E-state index in [-0.39, 0.29) is 0 Å². The van der Waals surface area contributed by atoms with Crippen LogP contribution in [0.2, 0.25) is 0 Å². The van der Waals surface area contributed by atoms with Crippen molar-refractivity contribution in [2.45, 2.75) is 25.7 Å². The van der Waals surface area contributed by atoms with Gasteiger partial charge in [-0.2, -0.15) is 15.5 Å². The van der Waals surface area contributed by atoms with Crippen LogP contribution in [0.15, 0.2) is 24.7 Å². The van der Waals surface area contributed by atoms with E-state index in [4.69, 9.17) is 0 Å². The number of hydrogen-bond acceptors (Lipinski definition) is 5. The van der Waals surface area contributed by atoms with Crippen LogP contribution in [0.5, 0.6) is 0 Å². The number of nitrogens with zero attached hydrogens (tertiary/aromatic N) is 5. The third kappa shape index (κ3) is 2.90. The summed E-state index contributed by atoms with van der Waals surface area (Å²) >= 11 is 2.23. The second-order valence-electron chi connectivity index (χ2n) is 5.48. The molecule has 0 amide bonds. The Hall–Kier alpha value is -1.75. The maximum absolute atomic E-state index is 9.45. The molecule has 0 spiro atoms. The topological polar surface area (TPSA) is 65.7 Å². The highest BCUT2D eigenvalue weighted by Crippen LogP contribution is 2.31. The molecule has 0 radical (unpaired) electrons. The van der Waals surface area contributed by atoms with Crippen LogP contribution in [-0.4, -0.2) is 28.3 Å². The molecule has 22 heavy (non-hydrogen) atoms. The lowest BCUT2D eigenvalue weighted by atomic mass is 9.90. The molecular weight excluding hydrogens is 389 g/mol. The summed E-state index contributed by atoms with van der Waals surface area (Å²) in [5, 5.41) is 17.3. The normalized spacial score (nSPS) is 15.6. The Morgan fingerprint density at radius 1 is 1.27 bits per heavy atom. The molecule has 1 fully saturated rings. The minimum absolute atomic E-state index is 0.516. The molecule has 0 aliphatic carbocycles. The molecule has 0 saturated carbocycles. The van der Waals surface area contributed by atoms with Crippen molar-refractivity contribution in [1.82, 2.24) is 15.2 Å². The molecule has 2 aromatic rings. The van der Waals surface area contributed by atoms with Crippen LogP contribution in [0.1, 0.15) is 35.4 Å². The van der Waals surface area contributed by atoms with Gasteiger partial charge < -0.3 is 4.90 Å². The van der Waals surface area contributed by atoms with Crippen LogP contribution in [0.3, 0.4) is 0 Å². The van der Waals surface area contributed by atoms with E-state index in [1.54, 1.807) is 6.20 Å². The standard InChI is InChI=1S/C16H16IN5/c1-11-14(8-18)16(19-10-15(11)17)22-6-3-12(4-7-22)13-2-5-20-21-9-13/h2,5,9-10,12H,3-4,6-7H2,1H3. The number of aromatic nitrogens is 3. The third-order valence-electron chi connectivity index (χ3n) is 4.24. The highest BCUT2D eigenvalue weighted by atomic mass is 127. The summed E-state index contributed by atoms with van der Waals surface area (Å²) in [6.07, 6.45) is 7.55. The van der Waals surface area contributed by atoms with Crippen LogP contribution in [0, 0.1) is 21.8 Å². The van der Waals surface area contributed by atoms with E-state index in [1.807, 2.05) is 25.4 Å². The molecule has 3 heterocycles. The Morgan fingerprint density at radius 3 is 2.68 bits per heavy atom. The van der Waals surface area contributed by atoms with E-state index in [0.29, 0.717) is 11.5 Å². The maximum atomic E-state index is 9.45. The summed E-state index contributed by atoms with van der Waals surface area (Å²) in [6, 6.07) is 4.36. The smallest absolute Gasteiger partial charge is 0.146 e. The Morgan fingerprint density at radius 2 is 2.05 bits per heavy atom. The number of halogens is 1. The number of nitriles is 1. The van der Waals surface area contributed by atoms with Gasteiger partial charge in [-0.25, -0.2) is 4.98 Å². The number of rotatable bonds is 2. The van der Waals surface area contributed by atoms with E-state index in [2.05, 4.69) is 48.7 Å². The molecule has 1 aliphatic rings. The average Bonchev–Trinajstić information content (AvgIpc) is 2.58. The average molecular weight is 405 g/mol. The lowest BCUT2D eigenvalue weighted by Gasteiger charge is -2.33. The van der Waals surface area contributed by atoms with Crippen molar-refractivity contribution in [1.29, 1.82) is 5.26 Å². The largest absolute Gasteiger partial charge is 0.355 e. The fraction of sp³-hybridized carbons (Fsp3) is 0.375. The minimum Gasteiger partial charge on any atom is -0.355 e. The molecule has 0 atom stereocenters. The van der Waals surface area contributed by atoms with E-state index in [1.165, 1.54) is 5.56 Å². The summed E-state index contributed by atoms with van der Waals surface area (Å²) in [5.74, 6) is 1.34. The van der Waals surface area contributed by atoms with Crippen LogP contribution in [-0.2, 0) is 0 Å². The highest BCUT2D eigenvalue weighted by Gasteiger charge is 2.24. The Labute approximate surface area is 143 Å². The number of piperidine rings is 1. The highest BCUT2D eigenvalue weighted by molar-refractivity contribution is 14.1. The zero-order valence-corrected chi connectivity index (χ0v) is 14.5. The SMILES string of the molecule is Cc1c(I)cnc(N2CCC(c3ccnnc3)CC2)c1C#N. The van der Waals surface area contributed by atoms with Gasteiger partial charge in [-0.05, 0) is 65.5 Å². The van der Waals surface area contributed by atoms with Gasteiger partial charge in [0.05, 0.1) is 11.8 Å². The molecule has 3 rings (SSSR count). The van der Waals surface area contributed by atoms with Gasteiger partial charge in [0.2, 0.25) is 0 Å². The van der Waals surface area contributed by atoms with E-state index < -0.39 is 0 Å². The van der Waals surface area contributed by atoms with Gasteiger partial charge in [-0.15, -0.1) is 0 Å². The van der Waals surface area contributed by atoms with Crippen molar-refractivity contribution in [3.8, 4) is 6.07 Å². The fourth-order valence-electron chi connectivity index (χ4n) is 2.91. The van der Waals surface area contributed by atoms with E-state index in [0.717, 1.165) is 40.9 Å². The fourth-order valence-corrected chi connectivity index (χ4v) is 3.32. The van der Waals surface area contributed by atoms with Gasteiger partial charge in [0.1, 0.15) is 11.9 Å². The van der Waals surface area contributed by atoms with Crippen molar-refractivity contribution in [2.24, 2.45) is 0 Å². The van der Waals surface area contributed by atoms with Crippen molar-refractivity contribution >= 4 is 28.4 Å². The lowest BCUT2D eigenvalue weighted by Crippen LogP contribution is -2.34. The molecule has 5 nitrogen and oxygen atoms in total. The number of anilines is 1. The lowest BCUT2D eigenvalue weighted by molar-refractivity contribution is 0.500. The molecule has 1 aliphatic heterocycles. The van der Waals surface area contributed by atoms with Crippen molar-refractivity contribution in [3.05, 3.63) is 44.9 Å². The van der Waals surface area contributed by atoms with Crippen LogP contribution >= 0.6 is 22.6 Å². The van der Waals surface area contributed by atoms with Crippen molar-refractivity contribution in [3.63, 3.8) is 0 Å². The zero-order valence-electron chi connectivity index (χ0n) is 12.3. The van der Waals surface area contributed by atoms with Crippen molar-refractivity contribution in [2.75, 3.05) is 18.0 Å². The summed E-state index contributed by atoms with van der Waals surface area (Å²) in [4.78, 5) is 6.73. The predicted octanol–water partition coefficient (Wildman–Crippen LogP) is 3.04. The molecule has 1 saturated heterocycles. The Balaban J connectivity index is 1.78. The first-order chi connectivity index (χ1) is 10.7. The second kappa shape index (κ2) is 6.57. The minimum atomic E-state index is 0.516. The first kappa shape index (κ1) is 15.2. The maximum Gasteiger partial charge on any atom is 0.146 e. The van der Waals surface area contributed by atoms with Gasteiger partial charge in [0, 0.05) is 29.1 Å². The van der Waals surface area contributed by atoms with E-state index in [9.17, 15) is 5.26 Å². The molecule has 0 unspecified atom stereocenters. The second-order valence-corrected chi connectivity index (χ2v) is 6.64. The third-order valence-corrected chi connectivity index (χ3v) is 5.33. The van der Waals surface area contributed by atoms with Crippen LogP contribution in [0.25, 0.3) is 0 Å². The summed E-state index contributed by atoms with van der Waals surface area (Å²) < 4.78 is 1.04.